The summed E-state index contributed by atoms with van der Waals surface area (Å²) in [4.78, 5) is 21.0. The van der Waals surface area contributed by atoms with Gasteiger partial charge in [0.25, 0.3) is 0 Å². The predicted molar refractivity (Wildman–Crippen MR) is 153 cm³/mol. The summed E-state index contributed by atoms with van der Waals surface area (Å²) in [5.41, 5.74) is 22.9. The highest BCUT2D eigenvalue weighted by Gasteiger charge is 1.99. The van der Waals surface area contributed by atoms with E-state index in [1.807, 2.05) is 0 Å². The molecule has 0 spiro atoms. The zero-order valence-electron chi connectivity index (χ0n) is 22.6. The number of rotatable bonds is 13. The molecule has 0 saturated heterocycles. The monoisotopic (exact) mass is 500 g/mol. The summed E-state index contributed by atoms with van der Waals surface area (Å²) in [7, 11) is 0. The Morgan fingerprint density at radius 1 is 0.639 bits per heavy atom. The van der Waals surface area contributed by atoms with Crippen LogP contribution in [0.2, 0.25) is 0 Å². The van der Waals surface area contributed by atoms with Crippen molar-refractivity contribution < 1.29 is 9.59 Å². The van der Waals surface area contributed by atoms with Crippen molar-refractivity contribution in [3.8, 4) is 0 Å². The molecule has 0 aliphatic heterocycles. The molecule has 0 aliphatic rings. The summed E-state index contributed by atoms with van der Waals surface area (Å²) in [6.45, 7) is 11.4. The van der Waals surface area contributed by atoms with Crippen LogP contribution in [0, 0.1) is 0 Å². The number of amides is 2. The molecule has 2 atom stereocenters. The van der Waals surface area contributed by atoms with E-state index in [0.717, 1.165) is 0 Å². The summed E-state index contributed by atoms with van der Waals surface area (Å²) >= 11 is 0. The number of hydrogen-bond acceptors (Lipinski definition) is 6. The fourth-order valence-electron chi connectivity index (χ4n) is 2.88. The standard InChI is InChI=1S/C14H32N2.2C7H8N2O/c1-5-13(3)15-11-9-7-8-10-12-16-14(4)6-2;2*8-6-3-1-5(2-4-6)7(9)10/h13-16H,5-12H2,1-4H3;2*1-4H,8H2,(H2,9,10). The highest BCUT2D eigenvalue weighted by Crippen LogP contribution is 2.04. The number of nitrogens with one attached hydrogen (secondary N) is 2. The molecule has 2 aromatic carbocycles. The van der Waals surface area contributed by atoms with Crippen LogP contribution in [0.4, 0.5) is 11.4 Å². The average molecular weight is 501 g/mol. The van der Waals surface area contributed by atoms with Gasteiger partial charge in [0.15, 0.2) is 0 Å². The minimum Gasteiger partial charge on any atom is -0.399 e. The van der Waals surface area contributed by atoms with Crippen LogP contribution in [0.25, 0.3) is 0 Å². The van der Waals surface area contributed by atoms with Crippen molar-refractivity contribution in [2.45, 2.75) is 78.3 Å². The van der Waals surface area contributed by atoms with Gasteiger partial charge >= 0.3 is 0 Å². The van der Waals surface area contributed by atoms with Gasteiger partial charge in [0, 0.05) is 34.6 Å². The van der Waals surface area contributed by atoms with Crippen LogP contribution in [-0.4, -0.2) is 37.0 Å². The topological polar surface area (TPSA) is 162 Å². The lowest BCUT2D eigenvalue weighted by molar-refractivity contribution is 0.0992. The van der Waals surface area contributed by atoms with Gasteiger partial charge in [-0.1, -0.05) is 26.7 Å². The molecule has 2 amide bonds. The van der Waals surface area contributed by atoms with Gasteiger partial charge in [-0.25, -0.2) is 0 Å². The molecule has 0 radical (unpaired) electrons. The zero-order chi connectivity index (χ0) is 27.3. The number of hydrogen-bond donors (Lipinski definition) is 6. The van der Waals surface area contributed by atoms with Gasteiger partial charge in [0.1, 0.15) is 0 Å². The van der Waals surface area contributed by atoms with Crippen molar-refractivity contribution in [1.82, 2.24) is 10.6 Å². The van der Waals surface area contributed by atoms with Crippen LogP contribution in [-0.2, 0) is 0 Å². The molecule has 8 heteroatoms. The molecule has 0 bridgehead atoms. The molecule has 0 saturated carbocycles. The highest BCUT2D eigenvalue weighted by molar-refractivity contribution is 5.93. The third-order valence-corrected chi connectivity index (χ3v) is 5.70. The van der Waals surface area contributed by atoms with Gasteiger partial charge in [-0.15, -0.1) is 0 Å². The molecule has 0 heterocycles. The number of nitrogen functional groups attached to an aromatic ring is 2. The number of unbranched alkanes of at least 4 members (excludes halogenated alkanes) is 3. The molecular formula is C28H48N6O2. The maximum Gasteiger partial charge on any atom is 0.248 e. The van der Waals surface area contributed by atoms with E-state index in [9.17, 15) is 9.59 Å². The van der Waals surface area contributed by atoms with E-state index in [4.69, 9.17) is 22.9 Å². The molecule has 0 fully saturated rings. The lowest BCUT2D eigenvalue weighted by Crippen LogP contribution is -2.26. The van der Waals surface area contributed by atoms with Crippen LogP contribution in [0.3, 0.4) is 0 Å². The lowest BCUT2D eigenvalue weighted by Gasteiger charge is -2.12. The Balaban J connectivity index is 0.000000532. The molecule has 36 heavy (non-hydrogen) atoms. The van der Waals surface area contributed by atoms with E-state index in [2.05, 4.69) is 38.3 Å². The third kappa shape index (κ3) is 17.4. The molecule has 10 N–H and O–H groups in total. The normalized spacial score (nSPS) is 11.8. The van der Waals surface area contributed by atoms with Crippen molar-refractivity contribution in [3.05, 3.63) is 59.7 Å². The van der Waals surface area contributed by atoms with Crippen LogP contribution in [0.5, 0.6) is 0 Å². The molecule has 2 rings (SSSR count). The van der Waals surface area contributed by atoms with E-state index in [-0.39, 0.29) is 0 Å². The summed E-state index contributed by atoms with van der Waals surface area (Å²) in [5, 5.41) is 7.07. The largest absolute Gasteiger partial charge is 0.399 e. The maximum atomic E-state index is 10.5. The van der Waals surface area contributed by atoms with Crippen molar-refractivity contribution in [2.24, 2.45) is 11.5 Å². The fourth-order valence-corrected chi connectivity index (χ4v) is 2.88. The van der Waals surface area contributed by atoms with Gasteiger partial charge in [-0.05, 0) is 101 Å². The molecule has 2 aromatic rings. The SMILES string of the molecule is CCC(C)NCCCCCCNC(C)CC.NC(=O)c1ccc(N)cc1.NC(=O)c1ccc(N)cc1. The maximum absolute atomic E-state index is 10.5. The first-order valence-electron chi connectivity index (χ1n) is 12.9. The first-order chi connectivity index (χ1) is 17.1. The van der Waals surface area contributed by atoms with E-state index >= 15 is 0 Å². The number of nitrogens with two attached hydrogens (primary N) is 4. The smallest absolute Gasteiger partial charge is 0.248 e. The van der Waals surface area contributed by atoms with Gasteiger partial charge in [-0.3, -0.25) is 9.59 Å². The molecule has 8 nitrogen and oxygen atoms in total. The number of benzene rings is 2. The van der Waals surface area contributed by atoms with Crippen LogP contribution in [0.15, 0.2) is 48.5 Å². The predicted octanol–water partition coefficient (Wildman–Crippen LogP) is 4.06. The molecule has 0 aromatic heterocycles. The van der Waals surface area contributed by atoms with Crippen molar-refractivity contribution >= 4 is 23.2 Å². The van der Waals surface area contributed by atoms with Crippen molar-refractivity contribution in [1.29, 1.82) is 0 Å². The number of carbonyl (C=O) groups is 2. The van der Waals surface area contributed by atoms with E-state index in [1.165, 1.54) is 51.6 Å². The summed E-state index contributed by atoms with van der Waals surface area (Å²) < 4.78 is 0. The minimum absolute atomic E-state index is 0.431. The Morgan fingerprint density at radius 3 is 1.19 bits per heavy atom. The van der Waals surface area contributed by atoms with E-state index in [0.29, 0.717) is 34.6 Å². The van der Waals surface area contributed by atoms with E-state index in [1.54, 1.807) is 48.5 Å². The Hall–Kier alpha value is -3.10. The summed E-state index contributed by atoms with van der Waals surface area (Å²) in [6.07, 6.45) is 7.86. The van der Waals surface area contributed by atoms with Gasteiger partial charge in [0.05, 0.1) is 0 Å². The van der Waals surface area contributed by atoms with Gasteiger partial charge < -0.3 is 33.6 Å². The lowest BCUT2D eigenvalue weighted by atomic mass is 10.1. The summed E-state index contributed by atoms with van der Waals surface area (Å²) in [6, 6.07) is 14.3. The van der Waals surface area contributed by atoms with Crippen LogP contribution < -0.4 is 33.6 Å². The molecule has 0 aliphatic carbocycles. The number of carbonyl (C=O) groups excluding carboxylic acids is 2. The third-order valence-electron chi connectivity index (χ3n) is 5.70. The Labute approximate surface area is 217 Å². The first kappa shape index (κ1) is 32.9. The van der Waals surface area contributed by atoms with Crippen LogP contribution in [0.1, 0.15) is 86.9 Å². The Kier molecular flexibility index (Phi) is 18.4. The minimum atomic E-state index is -0.431. The summed E-state index contributed by atoms with van der Waals surface area (Å²) in [5.74, 6) is -0.861. The Bertz CT molecular complexity index is 769. The number of anilines is 2. The second kappa shape index (κ2) is 20.1. The van der Waals surface area contributed by atoms with Crippen molar-refractivity contribution in [3.63, 3.8) is 0 Å². The van der Waals surface area contributed by atoms with E-state index < -0.39 is 11.8 Å². The van der Waals surface area contributed by atoms with Crippen LogP contribution >= 0.6 is 0 Å². The number of primary amides is 2. The zero-order valence-corrected chi connectivity index (χ0v) is 22.6. The molecule has 202 valence electrons. The Morgan fingerprint density at radius 2 is 0.944 bits per heavy atom. The molecule has 2 unspecified atom stereocenters. The average Bonchev–Trinajstić information content (AvgIpc) is 2.86. The fraction of sp³-hybridized carbons (Fsp3) is 0.500. The first-order valence-corrected chi connectivity index (χ1v) is 12.9. The second-order valence-corrected chi connectivity index (χ2v) is 8.91. The quantitative estimate of drug-likeness (QED) is 0.179. The van der Waals surface area contributed by atoms with Gasteiger partial charge in [-0.2, -0.15) is 0 Å². The highest BCUT2D eigenvalue weighted by atomic mass is 16.1. The second-order valence-electron chi connectivity index (χ2n) is 8.91. The molecular weight excluding hydrogens is 452 g/mol. The van der Waals surface area contributed by atoms with Crippen molar-refractivity contribution in [2.75, 3.05) is 24.6 Å². The van der Waals surface area contributed by atoms with Gasteiger partial charge in [0.2, 0.25) is 11.8 Å².